The zero-order chi connectivity index (χ0) is 13.5. The van der Waals surface area contributed by atoms with Crippen LogP contribution in [0.3, 0.4) is 0 Å². The van der Waals surface area contributed by atoms with E-state index in [4.69, 9.17) is 0 Å². The van der Waals surface area contributed by atoms with Gasteiger partial charge in [0.2, 0.25) is 0 Å². The van der Waals surface area contributed by atoms with E-state index >= 15 is 0 Å². The van der Waals surface area contributed by atoms with Gasteiger partial charge in [-0.1, -0.05) is 51.0 Å². The first kappa shape index (κ1) is 15.2. The second kappa shape index (κ2) is 7.58. The Hall–Kier alpha value is -0.820. The normalized spacial score (nSPS) is 14.5. The van der Waals surface area contributed by atoms with Gasteiger partial charge in [-0.15, -0.1) is 0 Å². The van der Waals surface area contributed by atoms with Gasteiger partial charge in [-0.25, -0.2) is 0 Å². The highest BCUT2D eigenvalue weighted by Gasteiger charge is 2.13. The lowest BCUT2D eigenvalue weighted by Crippen LogP contribution is -2.32. The van der Waals surface area contributed by atoms with Gasteiger partial charge in [0, 0.05) is 6.04 Å². The Labute approximate surface area is 113 Å². The zero-order valence-corrected chi connectivity index (χ0v) is 12.7. The van der Waals surface area contributed by atoms with Crippen molar-refractivity contribution in [2.24, 2.45) is 5.92 Å². The number of aryl methyl sites for hydroxylation is 2. The first-order valence-electron chi connectivity index (χ1n) is 7.36. The minimum atomic E-state index is 0.616. The summed E-state index contributed by atoms with van der Waals surface area (Å²) in [7, 11) is 0. The van der Waals surface area contributed by atoms with Gasteiger partial charge >= 0.3 is 0 Å². The quantitative estimate of drug-likeness (QED) is 0.759. The van der Waals surface area contributed by atoms with Crippen molar-refractivity contribution < 1.29 is 0 Å². The third-order valence-corrected chi connectivity index (χ3v) is 3.85. The smallest absolute Gasteiger partial charge is 0.0110 e. The van der Waals surface area contributed by atoms with E-state index in [-0.39, 0.29) is 0 Å². The fourth-order valence-electron chi connectivity index (χ4n) is 2.47. The molecule has 1 aromatic carbocycles. The average molecular weight is 247 g/mol. The van der Waals surface area contributed by atoms with Crippen LogP contribution in [0.15, 0.2) is 18.2 Å². The molecule has 18 heavy (non-hydrogen) atoms. The van der Waals surface area contributed by atoms with Crippen LogP contribution in [0.5, 0.6) is 0 Å². The molecule has 0 aliphatic heterocycles. The fraction of sp³-hybridized carbons (Fsp3) is 0.647. The van der Waals surface area contributed by atoms with Crippen LogP contribution in [0.1, 0.15) is 50.3 Å². The minimum absolute atomic E-state index is 0.616. The van der Waals surface area contributed by atoms with E-state index in [1.54, 1.807) is 0 Å². The predicted octanol–water partition coefficient (Wildman–Crippen LogP) is 4.26. The Kier molecular flexibility index (Phi) is 6.42. The Balaban J connectivity index is 2.72. The van der Waals surface area contributed by atoms with Crippen molar-refractivity contribution in [3.05, 3.63) is 34.9 Å². The van der Waals surface area contributed by atoms with Crippen molar-refractivity contribution in [3.63, 3.8) is 0 Å². The number of hydrogen-bond donors (Lipinski definition) is 1. The molecule has 0 saturated carbocycles. The lowest BCUT2D eigenvalue weighted by Gasteiger charge is -2.22. The van der Waals surface area contributed by atoms with Crippen molar-refractivity contribution in [1.82, 2.24) is 5.32 Å². The molecule has 0 aliphatic rings. The molecule has 0 bridgehead atoms. The van der Waals surface area contributed by atoms with E-state index in [0.29, 0.717) is 6.04 Å². The summed E-state index contributed by atoms with van der Waals surface area (Å²) in [6, 6.07) is 7.41. The van der Waals surface area contributed by atoms with Gasteiger partial charge in [-0.05, 0) is 50.3 Å². The third kappa shape index (κ3) is 4.81. The lowest BCUT2D eigenvalue weighted by atomic mass is 9.92. The fourth-order valence-corrected chi connectivity index (χ4v) is 2.47. The van der Waals surface area contributed by atoms with E-state index in [1.165, 1.54) is 29.5 Å². The Morgan fingerprint density at radius 2 is 1.89 bits per heavy atom. The van der Waals surface area contributed by atoms with Crippen LogP contribution >= 0.6 is 0 Å². The number of nitrogens with one attached hydrogen (secondary N) is 1. The molecule has 1 N–H and O–H groups in total. The molecule has 1 rings (SSSR count). The first-order valence-corrected chi connectivity index (χ1v) is 7.36. The highest BCUT2D eigenvalue weighted by atomic mass is 14.9. The van der Waals surface area contributed by atoms with Crippen LogP contribution in [-0.2, 0) is 6.42 Å². The van der Waals surface area contributed by atoms with E-state index < -0.39 is 0 Å². The average Bonchev–Trinajstić information content (AvgIpc) is 2.34. The second-order valence-electron chi connectivity index (χ2n) is 5.64. The molecule has 0 fully saturated rings. The van der Waals surface area contributed by atoms with E-state index in [2.05, 4.69) is 58.1 Å². The summed E-state index contributed by atoms with van der Waals surface area (Å²) in [5.41, 5.74) is 4.30. The van der Waals surface area contributed by atoms with E-state index in [9.17, 15) is 0 Å². The number of likely N-dealkylation sites (N-methyl/N-ethyl adjacent to an activating group) is 1. The maximum absolute atomic E-state index is 3.64. The maximum Gasteiger partial charge on any atom is 0.0110 e. The second-order valence-corrected chi connectivity index (χ2v) is 5.64. The predicted molar refractivity (Wildman–Crippen MR) is 81.2 cm³/mol. The third-order valence-electron chi connectivity index (χ3n) is 3.85. The lowest BCUT2D eigenvalue weighted by molar-refractivity contribution is 0.397. The molecule has 0 spiro atoms. The summed E-state index contributed by atoms with van der Waals surface area (Å²) in [4.78, 5) is 0. The molecule has 0 aliphatic carbocycles. The van der Waals surface area contributed by atoms with Gasteiger partial charge in [-0.2, -0.15) is 0 Å². The summed E-state index contributed by atoms with van der Waals surface area (Å²) in [5, 5.41) is 3.64. The number of benzene rings is 1. The van der Waals surface area contributed by atoms with Gasteiger partial charge < -0.3 is 5.32 Å². The number of hydrogen-bond acceptors (Lipinski definition) is 1. The summed E-state index contributed by atoms with van der Waals surface area (Å²) in [5.74, 6) is 0.805. The molecule has 0 heterocycles. The SMILES string of the molecule is CCNC(Cc1cc(C)ccc1C)CC(C)CC. The minimum Gasteiger partial charge on any atom is -0.314 e. The summed E-state index contributed by atoms with van der Waals surface area (Å²) < 4.78 is 0. The zero-order valence-electron chi connectivity index (χ0n) is 12.7. The van der Waals surface area contributed by atoms with Crippen molar-refractivity contribution in [1.29, 1.82) is 0 Å². The summed E-state index contributed by atoms with van der Waals surface area (Å²) >= 11 is 0. The van der Waals surface area contributed by atoms with Crippen LogP contribution in [0.4, 0.5) is 0 Å². The monoisotopic (exact) mass is 247 g/mol. The van der Waals surface area contributed by atoms with Gasteiger partial charge in [0.1, 0.15) is 0 Å². The highest BCUT2D eigenvalue weighted by molar-refractivity contribution is 5.31. The van der Waals surface area contributed by atoms with Gasteiger partial charge in [0.15, 0.2) is 0 Å². The van der Waals surface area contributed by atoms with Crippen LogP contribution < -0.4 is 5.32 Å². The van der Waals surface area contributed by atoms with Crippen LogP contribution in [0.25, 0.3) is 0 Å². The Morgan fingerprint density at radius 1 is 1.17 bits per heavy atom. The van der Waals surface area contributed by atoms with Crippen molar-refractivity contribution in [2.75, 3.05) is 6.54 Å². The molecule has 1 aromatic rings. The molecule has 0 aromatic heterocycles. The summed E-state index contributed by atoms with van der Waals surface area (Å²) in [6.45, 7) is 12.3. The molecular formula is C17H29N. The van der Waals surface area contributed by atoms with Crippen molar-refractivity contribution in [2.45, 2.75) is 59.9 Å². The van der Waals surface area contributed by atoms with E-state index in [1.807, 2.05) is 0 Å². The molecule has 0 saturated heterocycles. The first-order chi connectivity index (χ1) is 8.56. The van der Waals surface area contributed by atoms with Gasteiger partial charge in [0.25, 0.3) is 0 Å². The molecular weight excluding hydrogens is 218 g/mol. The van der Waals surface area contributed by atoms with Crippen LogP contribution in [0.2, 0.25) is 0 Å². The highest BCUT2D eigenvalue weighted by Crippen LogP contribution is 2.17. The van der Waals surface area contributed by atoms with Crippen LogP contribution in [-0.4, -0.2) is 12.6 Å². The molecule has 1 nitrogen and oxygen atoms in total. The molecule has 2 unspecified atom stereocenters. The van der Waals surface area contributed by atoms with Gasteiger partial charge in [-0.3, -0.25) is 0 Å². The molecule has 2 atom stereocenters. The Morgan fingerprint density at radius 3 is 2.50 bits per heavy atom. The van der Waals surface area contributed by atoms with Crippen LogP contribution in [0, 0.1) is 19.8 Å². The molecule has 0 amide bonds. The topological polar surface area (TPSA) is 12.0 Å². The largest absolute Gasteiger partial charge is 0.314 e. The molecule has 1 heteroatoms. The van der Waals surface area contributed by atoms with Crippen molar-refractivity contribution in [3.8, 4) is 0 Å². The van der Waals surface area contributed by atoms with E-state index in [0.717, 1.165) is 18.9 Å². The van der Waals surface area contributed by atoms with Gasteiger partial charge in [0.05, 0.1) is 0 Å². The Bertz CT molecular complexity index is 357. The molecule has 0 radical (unpaired) electrons. The number of rotatable bonds is 7. The summed E-state index contributed by atoms with van der Waals surface area (Å²) in [6.07, 6.45) is 3.71. The maximum atomic E-state index is 3.64. The standard InChI is InChI=1S/C17H29N/c1-6-13(3)11-17(18-7-2)12-16-10-14(4)8-9-15(16)5/h8-10,13,17-18H,6-7,11-12H2,1-5H3. The molecule has 102 valence electrons. The van der Waals surface area contributed by atoms with Crippen molar-refractivity contribution >= 4 is 0 Å².